The molecule has 0 amide bonds. The van der Waals surface area contributed by atoms with Crippen molar-refractivity contribution in [1.82, 2.24) is 9.97 Å². The number of nitrogens with zero attached hydrogens (tertiary/aromatic N) is 2. The third kappa shape index (κ3) is 3.88. The van der Waals surface area contributed by atoms with Crippen molar-refractivity contribution in [3.8, 4) is 0 Å². The molecule has 0 bridgehead atoms. The molecule has 6 heteroatoms. The zero-order valence-electron chi connectivity index (χ0n) is 12.6. The minimum Gasteiger partial charge on any atom is -0.396 e. The van der Waals surface area contributed by atoms with Crippen LogP contribution in [0, 0.1) is 17.6 Å². The van der Waals surface area contributed by atoms with E-state index in [0.29, 0.717) is 18.5 Å². The predicted molar refractivity (Wildman–Crippen MR) is 82.3 cm³/mol. The highest BCUT2D eigenvalue weighted by Gasteiger charge is 2.15. The number of fused-ring (bicyclic) bond motifs is 1. The van der Waals surface area contributed by atoms with Crippen LogP contribution in [0.1, 0.15) is 38.3 Å². The van der Waals surface area contributed by atoms with Crippen LogP contribution in [-0.4, -0.2) is 21.7 Å². The highest BCUT2D eigenvalue weighted by molar-refractivity contribution is 5.82. The van der Waals surface area contributed by atoms with E-state index in [1.54, 1.807) is 0 Å². The molecule has 0 spiro atoms. The molecule has 1 aromatic heterocycles. The summed E-state index contributed by atoms with van der Waals surface area (Å²) in [5, 5.41) is 9.62. The monoisotopic (exact) mass is 309 g/mol. The first kappa shape index (κ1) is 16.5. The van der Waals surface area contributed by atoms with E-state index >= 15 is 0 Å². The predicted octanol–water partition coefficient (Wildman–Crippen LogP) is 3.22. The van der Waals surface area contributed by atoms with E-state index in [9.17, 15) is 13.9 Å². The fourth-order valence-corrected chi connectivity index (χ4v) is 2.62. The van der Waals surface area contributed by atoms with Gasteiger partial charge in [-0.1, -0.05) is 19.8 Å². The number of hydrogen-bond donors (Lipinski definition) is 2. The Labute approximate surface area is 128 Å². The molecule has 0 aliphatic carbocycles. The first-order valence-electron chi connectivity index (χ1n) is 7.57. The Morgan fingerprint density at radius 3 is 2.68 bits per heavy atom. The topological polar surface area (TPSA) is 72.0 Å². The quantitative estimate of drug-likeness (QED) is 0.823. The van der Waals surface area contributed by atoms with Crippen LogP contribution in [0.25, 0.3) is 10.9 Å². The molecule has 22 heavy (non-hydrogen) atoms. The fourth-order valence-electron chi connectivity index (χ4n) is 2.62. The van der Waals surface area contributed by atoms with Gasteiger partial charge in [0.1, 0.15) is 11.6 Å². The van der Waals surface area contributed by atoms with Crippen molar-refractivity contribution in [3.63, 3.8) is 0 Å². The zero-order valence-corrected chi connectivity index (χ0v) is 12.6. The lowest BCUT2D eigenvalue weighted by Crippen LogP contribution is -2.10. The summed E-state index contributed by atoms with van der Waals surface area (Å²) in [6.07, 6.45) is 4.17. The second kappa shape index (κ2) is 7.45. The Morgan fingerprint density at radius 2 is 2.00 bits per heavy atom. The van der Waals surface area contributed by atoms with Gasteiger partial charge in [0.25, 0.3) is 0 Å². The third-order valence-corrected chi connectivity index (χ3v) is 3.82. The Morgan fingerprint density at radius 1 is 1.23 bits per heavy atom. The van der Waals surface area contributed by atoms with Gasteiger partial charge in [-0.3, -0.25) is 0 Å². The van der Waals surface area contributed by atoms with Gasteiger partial charge < -0.3 is 10.8 Å². The maximum atomic E-state index is 14.0. The summed E-state index contributed by atoms with van der Waals surface area (Å²) in [4.78, 5) is 7.99. The average molecular weight is 309 g/mol. The molecule has 0 unspecified atom stereocenters. The lowest BCUT2D eigenvalue weighted by molar-refractivity contribution is 0.208. The van der Waals surface area contributed by atoms with Crippen molar-refractivity contribution in [1.29, 1.82) is 0 Å². The first-order chi connectivity index (χ1) is 10.5. The summed E-state index contributed by atoms with van der Waals surface area (Å²) in [7, 11) is 0. The van der Waals surface area contributed by atoms with Gasteiger partial charge in [-0.25, -0.2) is 18.7 Å². The molecular weight excluding hydrogens is 288 g/mol. The minimum atomic E-state index is -0.690. The normalized spacial score (nSPS) is 12.7. The van der Waals surface area contributed by atoms with Gasteiger partial charge in [-0.2, -0.15) is 0 Å². The van der Waals surface area contributed by atoms with Gasteiger partial charge in [0, 0.05) is 18.7 Å². The lowest BCUT2D eigenvalue weighted by Gasteiger charge is -2.14. The maximum Gasteiger partial charge on any atom is 0.220 e. The minimum absolute atomic E-state index is 0.00149. The number of nitrogens with two attached hydrogens (primary N) is 1. The number of anilines is 1. The number of unbranched alkanes of at least 4 members (excludes halogenated alkanes) is 1. The van der Waals surface area contributed by atoms with Crippen molar-refractivity contribution in [3.05, 3.63) is 29.5 Å². The van der Waals surface area contributed by atoms with E-state index in [1.165, 1.54) is 0 Å². The molecule has 120 valence electrons. The van der Waals surface area contributed by atoms with Crippen LogP contribution in [0.5, 0.6) is 0 Å². The zero-order chi connectivity index (χ0) is 16.1. The van der Waals surface area contributed by atoms with E-state index in [0.717, 1.165) is 31.4 Å². The Kier molecular flexibility index (Phi) is 5.60. The number of aliphatic hydroxyl groups is 1. The highest BCUT2D eigenvalue weighted by Crippen LogP contribution is 2.24. The fraction of sp³-hybridized carbons (Fsp3) is 0.500. The number of aromatic nitrogens is 2. The second-order valence-corrected chi connectivity index (χ2v) is 5.54. The van der Waals surface area contributed by atoms with E-state index in [4.69, 9.17) is 5.73 Å². The van der Waals surface area contributed by atoms with Crippen molar-refractivity contribution in [2.75, 3.05) is 12.3 Å². The van der Waals surface area contributed by atoms with Crippen LogP contribution in [0.3, 0.4) is 0 Å². The van der Waals surface area contributed by atoms with Gasteiger partial charge in [-0.15, -0.1) is 0 Å². The second-order valence-electron chi connectivity index (χ2n) is 5.54. The summed E-state index contributed by atoms with van der Waals surface area (Å²) >= 11 is 0. The van der Waals surface area contributed by atoms with Gasteiger partial charge in [0.15, 0.2) is 0 Å². The molecule has 0 radical (unpaired) electrons. The number of hydrogen-bond acceptors (Lipinski definition) is 4. The molecule has 0 saturated heterocycles. The standard InChI is InChI=1S/C16H21F2N3O/c1-2-3-4-10(9-22)5-6-13-15-12(18)7-11(17)8-14(15)21-16(19)20-13/h7-8,10,22H,2-6,9H2,1H3,(H2,19,20,21)/t10-/m0/s1. The summed E-state index contributed by atoms with van der Waals surface area (Å²) in [5.74, 6) is -1.22. The average Bonchev–Trinajstić information content (AvgIpc) is 2.46. The molecule has 2 aromatic rings. The number of aliphatic hydroxyl groups excluding tert-OH is 1. The molecule has 0 aliphatic heterocycles. The van der Waals surface area contributed by atoms with Crippen molar-refractivity contribution >= 4 is 16.9 Å². The highest BCUT2D eigenvalue weighted by atomic mass is 19.1. The Balaban J connectivity index is 2.27. The molecule has 0 saturated carbocycles. The first-order valence-corrected chi connectivity index (χ1v) is 7.57. The van der Waals surface area contributed by atoms with Gasteiger partial charge in [-0.05, 0) is 25.2 Å². The van der Waals surface area contributed by atoms with Crippen LogP contribution in [0.4, 0.5) is 14.7 Å². The van der Waals surface area contributed by atoms with Crippen molar-refractivity contribution in [2.24, 2.45) is 5.92 Å². The van der Waals surface area contributed by atoms with Gasteiger partial charge in [0.2, 0.25) is 5.95 Å². The molecule has 1 atom stereocenters. The molecule has 4 nitrogen and oxygen atoms in total. The number of halogens is 2. The van der Waals surface area contributed by atoms with Crippen molar-refractivity contribution < 1.29 is 13.9 Å². The number of benzene rings is 1. The molecule has 2 rings (SSSR count). The summed E-state index contributed by atoms with van der Waals surface area (Å²) in [6.45, 7) is 2.19. The molecule has 0 fully saturated rings. The Hall–Kier alpha value is -1.82. The van der Waals surface area contributed by atoms with E-state index in [2.05, 4.69) is 16.9 Å². The van der Waals surface area contributed by atoms with Crippen LogP contribution in [-0.2, 0) is 6.42 Å². The van der Waals surface area contributed by atoms with Crippen LogP contribution in [0.2, 0.25) is 0 Å². The van der Waals surface area contributed by atoms with Gasteiger partial charge >= 0.3 is 0 Å². The summed E-state index contributed by atoms with van der Waals surface area (Å²) in [5.41, 5.74) is 6.27. The number of aryl methyl sites for hydroxylation is 1. The van der Waals surface area contributed by atoms with E-state index in [1.807, 2.05) is 0 Å². The molecule has 1 heterocycles. The molecule has 0 aliphatic rings. The smallest absolute Gasteiger partial charge is 0.220 e. The maximum absolute atomic E-state index is 14.0. The largest absolute Gasteiger partial charge is 0.396 e. The number of rotatable bonds is 7. The van der Waals surface area contributed by atoms with Crippen LogP contribution in [0.15, 0.2) is 12.1 Å². The summed E-state index contributed by atoms with van der Waals surface area (Å²) in [6, 6.07) is 1.98. The van der Waals surface area contributed by atoms with Crippen LogP contribution < -0.4 is 5.73 Å². The van der Waals surface area contributed by atoms with E-state index in [-0.39, 0.29) is 29.4 Å². The third-order valence-electron chi connectivity index (χ3n) is 3.82. The number of nitrogen functional groups attached to an aromatic ring is 1. The Bertz CT molecular complexity index is 644. The molecule has 1 aromatic carbocycles. The van der Waals surface area contributed by atoms with Gasteiger partial charge in [0.05, 0.1) is 16.6 Å². The summed E-state index contributed by atoms with van der Waals surface area (Å²) < 4.78 is 27.3. The lowest BCUT2D eigenvalue weighted by atomic mass is 9.96. The van der Waals surface area contributed by atoms with Crippen molar-refractivity contribution in [2.45, 2.75) is 39.0 Å². The SMILES string of the molecule is CCCC[C@H](CO)CCc1nc(N)nc2cc(F)cc(F)c12. The molecule has 3 N–H and O–H groups in total. The molecular formula is C16H21F2N3O. The van der Waals surface area contributed by atoms with Crippen LogP contribution >= 0.6 is 0 Å². The van der Waals surface area contributed by atoms with E-state index < -0.39 is 11.6 Å².